The van der Waals surface area contributed by atoms with Gasteiger partial charge in [-0.1, -0.05) is 26.8 Å². The molecule has 0 saturated heterocycles. The molecule has 0 atom stereocenters. The second kappa shape index (κ2) is 4.32. The zero-order chi connectivity index (χ0) is 8.91. The van der Waals surface area contributed by atoms with Gasteiger partial charge in [0.05, 0.1) is 0 Å². The SMILES string of the molecule is CC(C)/N=C\C=C/C(C)(C)C. The maximum absolute atomic E-state index is 4.22. The summed E-state index contributed by atoms with van der Waals surface area (Å²) < 4.78 is 0. The maximum Gasteiger partial charge on any atom is 0.0443 e. The van der Waals surface area contributed by atoms with Crippen molar-refractivity contribution in [2.24, 2.45) is 10.4 Å². The first-order chi connectivity index (χ1) is 4.92. The van der Waals surface area contributed by atoms with Crippen LogP contribution in [0.25, 0.3) is 0 Å². The van der Waals surface area contributed by atoms with Crippen LogP contribution in [0.3, 0.4) is 0 Å². The fourth-order valence-electron chi connectivity index (χ4n) is 0.554. The Labute approximate surface area is 70.2 Å². The van der Waals surface area contributed by atoms with E-state index < -0.39 is 0 Å². The predicted octanol–water partition coefficient (Wildman–Crippen LogP) is 3.07. The molecule has 0 N–H and O–H groups in total. The molecule has 0 bridgehead atoms. The lowest BCUT2D eigenvalue weighted by molar-refractivity contribution is 0.545. The van der Waals surface area contributed by atoms with Gasteiger partial charge in [-0.25, -0.2) is 0 Å². The summed E-state index contributed by atoms with van der Waals surface area (Å²) in [6.45, 7) is 10.7. The van der Waals surface area contributed by atoms with Crippen molar-refractivity contribution in [3.63, 3.8) is 0 Å². The summed E-state index contributed by atoms with van der Waals surface area (Å²) in [4.78, 5) is 4.22. The molecule has 0 heterocycles. The third-order valence-electron chi connectivity index (χ3n) is 1.07. The summed E-state index contributed by atoms with van der Waals surface area (Å²) in [5.74, 6) is 0. The molecule has 0 aromatic heterocycles. The summed E-state index contributed by atoms with van der Waals surface area (Å²) in [6.07, 6.45) is 6.04. The van der Waals surface area contributed by atoms with Crippen LogP contribution in [0.2, 0.25) is 0 Å². The van der Waals surface area contributed by atoms with Gasteiger partial charge in [-0.3, -0.25) is 4.99 Å². The predicted molar refractivity (Wildman–Crippen MR) is 52.2 cm³/mol. The summed E-state index contributed by atoms with van der Waals surface area (Å²) in [7, 11) is 0. The van der Waals surface area contributed by atoms with Gasteiger partial charge in [-0.2, -0.15) is 0 Å². The molecule has 0 aromatic carbocycles. The Hall–Kier alpha value is -0.590. The van der Waals surface area contributed by atoms with Crippen LogP contribution in [0.4, 0.5) is 0 Å². The highest BCUT2D eigenvalue weighted by Crippen LogP contribution is 2.13. The fourth-order valence-corrected chi connectivity index (χ4v) is 0.554. The third kappa shape index (κ3) is 9.41. The summed E-state index contributed by atoms with van der Waals surface area (Å²) in [6, 6.07) is 0.402. The van der Waals surface area contributed by atoms with Crippen LogP contribution < -0.4 is 0 Å². The Balaban J connectivity index is 3.78. The van der Waals surface area contributed by atoms with E-state index >= 15 is 0 Å². The highest BCUT2D eigenvalue weighted by molar-refractivity contribution is 5.71. The van der Waals surface area contributed by atoms with E-state index in [2.05, 4.69) is 45.7 Å². The molecule has 64 valence electrons. The molecule has 1 nitrogen and oxygen atoms in total. The molecule has 0 aliphatic rings. The zero-order valence-electron chi connectivity index (χ0n) is 8.26. The molecule has 0 fully saturated rings. The normalized spacial score (nSPS) is 14.0. The van der Waals surface area contributed by atoms with E-state index in [0.717, 1.165) is 0 Å². The molecule has 0 aliphatic carbocycles. The number of hydrogen-bond donors (Lipinski definition) is 0. The van der Waals surface area contributed by atoms with Crippen LogP contribution in [0.5, 0.6) is 0 Å². The minimum atomic E-state index is 0.267. The minimum Gasteiger partial charge on any atom is -0.290 e. The second-order valence-corrected chi connectivity index (χ2v) is 4.12. The van der Waals surface area contributed by atoms with E-state index in [-0.39, 0.29) is 5.41 Å². The van der Waals surface area contributed by atoms with Gasteiger partial charge < -0.3 is 0 Å². The first-order valence-corrected chi connectivity index (χ1v) is 4.13. The molecule has 0 amide bonds. The quantitative estimate of drug-likeness (QED) is 0.541. The van der Waals surface area contributed by atoms with E-state index in [4.69, 9.17) is 0 Å². The molecule has 1 heteroatoms. The smallest absolute Gasteiger partial charge is 0.0443 e. The number of aliphatic imine (C=N–C) groups is 1. The van der Waals surface area contributed by atoms with Crippen molar-refractivity contribution in [2.75, 3.05) is 0 Å². The summed E-state index contributed by atoms with van der Waals surface area (Å²) in [5.41, 5.74) is 0.267. The van der Waals surface area contributed by atoms with E-state index in [9.17, 15) is 0 Å². The zero-order valence-corrected chi connectivity index (χ0v) is 8.26. The number of hydrogen-bond acceptors (Lipinski definition) is 1. The van der Waals surface area contributed by atoms with Crippen molar-refractivity contribution in [2.45, 2.75) is 40.7 Å². The minimum absolute atomic E-state index is 0.267. The lowest BCUT2D eigenvalue weighted by Crippen LogP contribution is -1.98. The lowest BCUT2D eigenvalue weighted by Gasteiger charge is -2.09. The van der Waals surface area contributed by atoms with E-state index in [1.165, 1.54) is 0 Å². The Morgan fingerprint density at radius 3 is 2.09 bits per heavy atom. The van der Waals surface area contributed by atoms with Crippen LogP contribution in [-0.2, 0) is 0 Å². The standard InChI is InChI=1S/C10H19N/c1-9(2)11-8-6-7-10(3,4)5/h6-9H,1-5H3/b7-6-,11-8-. The van der Waals surface area contributed by atoms with Crippen molar-refractivity contribution in [3.05, 3.63) is 12.2 Å². The molecule has 11 heavy (non-hydrogen) atoms. The Morgan fingerprint density at radius 1 is 1.18 bits per heavy atom. The highest BCUT2D eigenvalue weighted by Gasteiger charge is 2.01. The molecular formula is C10H19N. The van der Waals surface area contributed by atoms with Crippen LogP contribution in [0, 0.1) is 5.41 Å². The molecule has 0 spiro atoms. The lowest BCUT2D eigenvalue weighted by atomic mass is 9.97. The maximum atomic E-state index is 4.22. The van der Waals surface area contributed by atoms with Gasteiger partial charge >= 0.3 is 0 Å². The van der Waals surface area contributed by atoms with Crippen molar-refractivity contribution in [3.8, 4) is 0 Å². The average molecular weight is 153 g/mol. The monoisotopic (exact) mass is 153 g/mol. The van der Waals surface area contributed by atoms with Crippen molar-refractivity contribution in [1.82, 2.24) is 0 Å². The highest BCUT2D eigenvalue weighted by atomic mass is 14.7. The second-order valence-electron chi connectivity index (χ2n) is 4.12. The summed E-state index contributed by atoms with van der Waals surface area (Å²) in [5, 5.41) is 0. The molecule has 0 saturated carbocycles. The van der Waals surface area contributed by atoms with Gasteiger partial charge in [0.25, 0.3) is 0 Å². The van der Waals surface area contributed by atoms with Gasteiger partial charge in [0, 0.05) is 12.3 Å². The number of allylic oxidation sites excluding steroid dienone is 2. The van der Waals surface area contributed by atoms with Gasteiger partial charge in [-0.05, 0) is 25.3 Å². The topological polar surface area (TPSA) is 12.4 Å². The molecule has 0 aliphatic heterocycles. The van der Waals surface area contributed by atoms with Gasteiger partial charge in [0.2, 0.25) is 0 Å². The Kier molecular flexibility index (Phi) is 4.09. The largest absolute Gasteiger partial charge is 0.290 e. The van der Waals surface area contributed by atoms with Crippen molar-refractivity contribution in [1.29, 1.82) is 0 Å². The summed E-state index contributed by atoms with van der Waals surface area (Å²) >= 11 is 0. The number of nitrogens with zero attached hydrogens (tertiary/aromatic N) is 1. The van der Waals surface area contributed by atoms with Gasteiger partial charge in [0.1, 0.15) is 0 Å². The van der Waals surface area contributed by atoms with Crippen LogP contribution in [0.1, 0.15) is 34.6 Å². The molecule has 0 unspecified atom stereocenters. The van der Waals surface area contributed by atoms with Gasteiger partial charge in [-0.15, -0.1) is 0 Å². The fraction of sp³-hybridized carbons (Fsp3) is 0.700. The first-order valence-electron chi connectivity index (χ1n) is 4.13. The average Bonchev–Trinajstić information content (AvgIpc) is 1.78. The Morgan fingerprint density at radius 2 is 1.73 bits per heavy atom. The molecule has 0 radical (unpaired) electrons. The van der Waals surface area contributed by atoms with Crippen LogP contribution in [0.15, 0.2) is 17.1 Å². The van der Waals surface area contributed by atoms with Gasteiger partial charge in [0.15, 0.2) is 0 Å². The van der Waals surface area contributed by atoms with E-state index in [1.807, 2.05) is 12.3 Å². The van der Waals surface area contributed by atoms with E-state index in [0.29, 0.717) is 6.04 Å². The molecule has 0 aromatic rings. The molecular weight excluding hydrogens is 134 g/mol. The third-order valence-corrected chi connectivity index (χ3v) is 1.07. The number of rotatable bonds is 2. The molecule has 0 rings (SSSR count). The van der Waals surface area contributed by atoms with Crippen LogP contribution >= 0.6 is 0 Å². The van der Waals surface area contributed by atoms with Crippen LogP contribution in [-0.4, -0.2) is 12.3 Å². The van der Waals surface area contributed by atoms with Crippen molar-refractivity contribution < 1.29 is 0 Å². The first kappa shape index (κ1) is 10.4. The van der Waals surface area contributed by atoms with E-state index in [1.54, 1.807) is 0 Å². The van der Waals surface area contributed by atoms with Crippen molar-refractivity contribution >= 4 is 6.21 Å². The Bertz CT molecular complexity index is 147.